The van der Waals surface area contributed by atoms with Gasteiger partial charge in [0.1, 0.15) is 11.2 Å². The van der Waals surface area contributed by atoms with Crippen molar-refractivity contribution in [3.05, 3.63) is 95.3 Å². The Bertz CT molecular complexity index is 1380. The van der Waals surface area contributed by atoms with Crippen LogP contribution in [0.25, 0.3) is 21.7 Å². The highest BCUT2D eigenvalue weighted by Crippen LogP contribution is 2.32. The Morgan fingerprint density at radius 2 is 1.79 bits per heavy atom. The zero-order chi connectivity index (χ0) is 22.9. The molecule has 1 saturated heterocycles. The molecule has 3 aromatic heterocycles. The van der Waals surface area contributed by atoms with Crippen LogP contribution in [0.5, 0.6) is 0 Å². The molecular weight excluding hydrogens is 444 g/mol. The van der Waals surface area contributed by atoms with Gasteiger partial charge in [0.25, 0.3) is 5.91 Å². The van der Waals surface area contributed by atoms with Crippen LogP contribution in [0, 0.1) is 0 Å². The fraction of sp³-hybridized carbons (Fsp3) is 0.222. The van der Waals surface area contributed by atoms with E-state index in [9.17, 15) is 4.79 Å². The van der Waals surface area contributed by atoms with Gasteiger partial charge in [0.05, 0.1) is 17.0 Å². The molecule has 1 aliphatic heterocycles. The maximum absolute atomic E-state index is 13.6. The molecule has 170 valence electrons. The number of amides is 1. The number of rotatable bonds is 5. The molecule has 0 saturated carbocycles. The normalized spacial score (nSPS) is 14.6. The number of hydrogen-bond donors (Lipinski definition) is 0. The second-order valence-electron chi connectivity index (χ2n) is 8.64. The Morgan fingerprint density at radius 3 is 2.56 bits per heavy atom. The van der Waals surface area contributed by atoms with E-state index in [0.717, 1.165) is 46.0 Å². The molecule has 0 bridgehead atoms. The van der Waals surface area contributed by atoms with Crippen molar-refractivity contribution in [3.8, 4) is 10.6 Å². The second kappa shape index (κ2) is 8.91. The zero-order valence-corrected chi connectivity index (χ0v) is 19.4. The van der Waals surface area contributed by atoms with Gasteiger partial charge in [0, 0.05) is 25.2 Å². The van der Waals surface area contributed by atoms with Gasteiger partial charge in [-0.05, 0) is 42.0 Å². The minimum Gasteiger partial charge on any atom is -0.440 e. The zero-order valence-electron chi connectivity index (χ0n) is 18.6. The smallest absolute Gasteiger partial charge is 0.257 e. The number of thiophene rings is 1. The lowest BCUT2D eigenvalue weighted by Crippen LogP contribution is -2.38. The number of carbonyl (C=O) groups is 1. The van der Waals surface area contributed by atoms with E-state index in [1.807, 2.05) is 75.8 Å². The molecule has 6 rings (SSSR count). The summed E-state index contributed by atoms with van der Waals surface area (Å²) in [4.78, 5) is 21.2. The van der Waals surface area contributed by atoms with E-state index >= 15 is 0 Å². The fourth-order valence-electron chi connectivity index (χ4n) is 4.59. The third-order valence-electron chi connectivity index (χ3n) is 6.38. The number of oxazole rings is 1. The Hall–Kier alpha value is -3.71. The number of likely N-dealkylation sites (tertiary alicyclic amines) is 1. The van der Waals surface area contributed by atoms with Crippen molar-refractivity contribution in [3.63, 3.8) is 0 Å². The molecule has 0 atom stereocenters. The average molecular weight is 469 g/mol. The summed E-state index contributed by atoms with van der Waals surface area (Å²) in [5, 5.41) is 6.82. The van der Waals surface area contributed by atoms with Gasteiger partial charge in [-0.2, -0.15) is 5.10 Å². The highest BCUT2D eigenvalue weighted by Gasteiger charge is 2.30. The minimum absolute atomic E-state index is 0.0405. The second-order valence-corrected chi connectivity index (χ2v) is 9.59. The molecule has 1 aliphatic rings. The first-order valence-corrected chi connectivity index (χ1v) is 12.4. The van der Waals surface area contributed by atoms with E-state index in [-0.39, 0.29) is 11.8 Å². The summed E-state index contributed by atoms with van der Waals surface area (Å²) in [7, 11) is 0. The molecule has 1 fully saturated rings. The summed E-state index contributed by atoms with van der Waals surface area (Å²) in [6, 6.07) is 22.1. The predicted molar refractivity (Wildman–Crippen MR) is 133 cm³/mol. The number of fused-ring (bicyclic) bond motifs is 1. The van der Waals surface area contributed by atoms with Crippen molar-refractivity contribution in [2.24, 2.45) is 0 Å². The molecule has 4 heterocycles. The van der Waals surface area contributed by atoms with E-state index in [2.05, 4.69) is 17.1 Å². The third-order valence-corrected chi connectivity index (χ3v) is 7.25. The summed E-state index contributed by atoms with van der Waals surface area (Å²) in [6.07, 6.45) is 3.58. The quantitative estimate of drug-likeness (QED) is 0.326. The number of nitrogens with zero attached hydrogens (tertiary/aromatic N) is 4. The number of aromatic nitrogens is 3. The lowest BCUT2D eigenvalue weighted by Gasteiger charge is -2.30. The van der Waals surface area contributed by atoms with Gasteiger partial charge >= 0.3 is 0 Å². The summed E-state index contributed by atoms with van der Waals surface area (Å²) in [5.41, 5.74) is 4.29. The molecule has 0 aliphatic carbocycles. The monoisotopic (exact) mass is 468 g/mol. The Morgan fingerprint density at radius 1 is 1.00 bits per heavy atom. The van der Waals surface area contributed by atoms with Gasteiger partial charge in [-0.15, -0.1) is 11.3 Å². The largest absolute Gasteiger partial charge is 0.440 e. The van der Waals surface area contributed by atoms with E-state index in [1.54, 1.807) is 11.3 Å². The molecule has 5 aromatic rings. The highest BCUT2D eigenvalue weighted by molar-refractivity contribution is 7.13. The van der Waals surface area contributed by atoms with Gasteiger partial charge in [0.2, 0.25) is 0 Å². The van der Waals surface area contributed by atoms with Crippen LogP contribution in [0.2, 0.25) is 0 Å². The van der Waals surface area contributed by atoms with Gasteiger partial charge in [-0.1, -0.05) is 48.5 Å². The molecular formula is C27H24N4O2S. The van der Waals surface area contributed by atoms with Crippen molar-refractivity contribution < 1.29 is 9.21 Å². The highest BCUT2D eigenvalue weighted by atomic mass is 32.1. The third kappa shape index (κ3) is 4.03. The molecule has 0 N–H and O–H groups in total. The number of carbonyl (C=O) groups excluding carboxylic acids is 1. The van der Waals surface area contributed by atoms with Crippen molar-refractivity contribution in [2.75, 3.05) is 13.1 Å². The number of benzene rings is 2. The van der Waals surface area contributed by atoms with Gasteiger partial charge in [-0.3, -0.25) is 9.48 Å². The van der Waals surface area contributed by atoms with Crippen LogP contribution in [-0.4, -0.2) is 38.7 Å². The number of piperidine rings is 1. The van der Waals surface area contributed by atoms with Crippen LogP contribution in [0.1, 0.15) is 40.6 Å². The van der Waals surface area contributed by atoms with E-state index < -0.39 is 0 Å². The van der Waals surface area contributed by atoms with Crippen LogP contribution in [0.3, 0.4) is 0 Å². The summed E-state index contributed by atoms with van der Waals surface area (Å²) in [6.45, 7) is 1.98. The molecule has 0 spiro atoms. The topological polar surface area (TPSA) is 64.2 Å². The Balaban J connectivity index is 1.21. The van der Waals surface area contributed by atoms with E-state index in [1.165, 1.54) is 0 Å². The van der Waals surface area contributed by atoms with Crippen molar-refractivity contribution in [2.45, 2.75) is 25.3 Å². The van der Waals surface area contributed by atoms with E-state index in [4.69, 9.17) is 9.52 Å². The standard InChI is InChI=1S/C27H24N4O2S/c32-27(30-14-12-20(13-15-30)26-28-22-9-4-5-10-23(22)33-26)21-18-31(17-19-7-2-1-3-8-19)29-25(21)24-11-6-16-34-24/h1-11,16,18,20H,12-15,17H2. The molecule has 2 aromatic carbocycles. The summed E-state index contributed by atoms with van der Waals surface area (Å²) in [5.74, 6) is 1.05. The van der Waals surface area contributed by atoms with Gasteiger partial charge in [-0.25, -0.2) is 4.98 Å². The summed E-state index contributed by atoms with van der Waals surface area (Å²) < 4.78 is 7.87. The summed E-state index contributed by atoms with van der Waals surface area (Å²) >= 11 is 1.61. The van der Waals surface area contributed by atoms with Crippen LogP contribution in [-0.2, 0) is 6.54 Å². The Labute approximate surface area is 201 Å². The first-order valence-electron chi connectivity index (χ1n) is 11.5. The number of para-hydroxylation sites is 2. The maximum Gasteiger partial charge on any atom is 0.257 e. The van der Waals surface area contributed by atoms with E-state index in [0.29, 0.717) is 25.2 Å². The molecule has 6 nitrogen and oxygen atoms in total. The number of hydrogen-bond acceptors (Lipinski definition) is 5. The molecule has 1 amide bonds. The predicted octanol–water partition coefficient (Wildman–Crippen LogP) is 5.82. The van der Waals surface area contributed by atoms with Crippen LogP contribution in [0.4, 0.5) is 0 Å². The maximum atomic E-state index is 13.6. The van der Waals surface area contributed by atoms with Crippen LogP contribution < -0.4 is 0 Å². The van der Waals surface area contributed by atoms with Crippen molar-refractivity contribution >= 4 is 28.3 Å². The van der Waals surface area contributed by atoms with Crippen LogP contribution in [0.15, 0.2) is 82.7 Å². The Kier molecular flexibility index (Phi) is 5.47. The minimum atomic E-state index is 0.0405. The molecule has 7 heteroatoms. The van der Waals surface area contributed by atoms with Gasteiger partial charge < -0.3 is 9.32 Å². The first-order chi connectivity index (χ1) is 16.7. The molecule has 0 unspecified atom stereocenters. The molecule has 0 radical (unpaired) electrons. The SMILES string of the molecule is O=C(c1cn(Cc2ccccc2)nc1-c1cccs1)N1CCC(c2nc3ccccc3o2)CC1. The molecule has 34 heavy (non-hydrogen) atoms. The van der Waals surface area contributed by atoms with Crippen molar-refractivity contribution in [1.82, 2.24) is 19.7 Å². The van der Waals surface area contributed by atoms with Crippen molar-refractivity contribution in [1.29, 1.82) is 0 Å². The first kappa shape index (κ1) is 20.9. The average Bonchev–Trinajstić information content (AvgIpc) is 3.63. The van der Waals surface area contributed by atoms with Crippen LogP contribution >= 0.6 is 11.3 Å². The fourth-order valence-corrected chi connectivity index (χ4v) is 5.31. The van der Waals surface area contributed by atoms with Gasteiger partial charge in [0.15, 0.2) is 11.5 Å². The lowest BCUT2D eigenvalue weighted by molar-refractivity contribution is 0.0707. The lowest BCUT2D eigenvalue weighted by atomic mass is 9.96.